The molecule has 0 radical (unpaired) electrons. The third-order valence-corrected chi connectivity index (χ3v) is 19.4. The predicted octanol–water partition coefficient (Wildman–Crippen LogP) is 10.3. The molecule has 0 spiro atoms. The molecule has 1 aliphatic heterocycles. The third-order valence-electron chi connectivity index (χ3n) is 19.4. The number of aliphatic hydroxyl groups is 1. The SMILES string of the molecule is CO[C@H]1CC[C@@]2(C)C(CC[C@@]3(C)CC4=CC[C@@]5(C)C(C)(C)[C@H](OC(=O)CCC(=O)Oc6cc(C7Oc8cc(O)cc(O)c8C(=O)C7O)ccc6O)CC[C@]5(C)[C@@]4(C)CCC32)C1(C)C. The Morgan fingerprint density at radius 1 is 0.778 bits per heavy atom. The molecular weight excluding hydrogens is 801 g/mol. The van der Waals surface area contributed by atoms with E-state index in [9.17, 15) is 34.8 Å². The maximum atomic E-state index is 13.6. The molecule has 0 amide bonds. The number of ketones is 1. The van der Waals surface area contributed by atoms with Gasteiger partial charge in [-0.3, -0.25) is 14.4 Å². The number of aliphatic hydroxyl groups excluding tert-OH is 1. The fraction of sp³-hybridized carbons (Fsp3) is 0.673. The summed E-state index contributed by atoms with van der Waals surface area (Å²) in [5.74, 6) is -2.46. The molecule has 4 N–H and O–H groups in total. The number of ether oxygens (including phenoxy) is 4. The quantitative estimate of drug-likeness (QED) is 0.119. The second-order valence-electron chi connectivity index (χ2n) is 22.7. The first-order valence-electron chi connectivity index (χ1n) is 23.3. The average molecular weight is 871 g/mol. The number of aromatic hydroxyl groups is 3. The number of phenolic OH excluding ortho intramolecular Hbond substituents is 3. The number of esters is 2. The van der Waals surface area contributed by atoms with Crippen molar-refractivity contribution >= 4 is 17.7 Å². The fourth-order valence-corrected chi connectivity index (χ4v) is 15.2. The molecule has 6 aliphatic rings. The van der Waals surface area contributed by atoms with Crippen molar-refractivity contribution in [3.8, 4) is 28.7 Å². The Morgan fingerprint density at radius 2 is 1.46 bits per heavy atom. The number of rotatable bonds is 7. The van der Waals surface area contributed by atoms with Crippen LogP contribution >= 0.6 is 0 Å². The van der Waals surface area contributed by atoms with Gasteiger partial charge in [0.05, 0.1) is 18.9 Å². The van der Waals surface area contributed by atoms with Crippen molar-refractivity contribution in [1.29, 1.82) is 0 Å². The topological polar surface area (TPSA) is 169 Å². The smallest absolute Gasteiger partial charge is 0.311 e. The van der Waals surface area contributed by atoms with Crippen LogP contribution in [0.1, 0.15) is 161 Å². The van der Waals surface area contributed by atoms with Gasteiger partial charge in [0.1, 0.15) is 28.9 Å². The molecule has 4 fully saturated rings. The first kappa shape index (κ1) is 45.5. The lowest BCUT2D eigenvalue weighted by atomic mass is 9.36. The zero-order valence-electron chi connectivity index (χ0n) is 39.1. The lowest BCUT2D eigenvalue weighted by Crippen LogP contribution is -2.64. The number of hydrogen-bond acceptors (Lipinski definition) is 11. The van der Waals surface area contributed by atoms with E-state index in [1.165, 1.54) is 43.9 Å². The lowest BCUT2D eigenvalue weighted by molar-refractivity contribution is -0.216. The molecule has 5 aliphatic carbocycles. The molecule has 1 heterocycles. The van der Waals surface area contributed by atoms with Gasteiger partial charge in [-0.2, -0.15) is 0 Å². The maximum Gasteiger partial charge on any atom is 0.311 e. The second-order valence-corrected chi connectivity index (χ2v) is 22.7. The lowest BCUT2D eigenvalue weighted by Gasteiger charge is -2.69. The number of allylic oxidation sites excluding steroid dienone is 2. The number of phenols is 3. The molecule has 4 unspecified atom stereocenters. The Bertz CT molecular complexity index is 2230. The number of benzene rings is 2. The Morgan fingerprint density at radius 3 is 2.17 bits per heavy atom. The van der Waals surface area contributed by atoms with Crippen molar-refractivity contribution in [3.05, 3.63) is 53.1 Å². The van der Waals surface area contributed by atoms with Crippen LogP contribution in [-0.2, 0) is 19.1 Å². The monoisotopic (exact) mass is 870 g/mol. The van der Waals surface area contributed by atoms with Crippen molar-refractivity contribution in [2.45, 2.75) is 164 Å². The van der Waals surface area contributed by atoms with Gasteiger partial charge in [0.2, 0.25) is 5.78 Å². The van der Waals surface area contributed by atoms with Crippen molar-refractivity contribution in [2.75, 3.05) is 7.11 Å². The van der Waals surface area contributed by atoms with E-state index in [-0.39, 0.29) is 91.0 Å². The summed E-state index contributed by atoms with van der Waals surface area (Å²) in [4.78, 5) is 39.7. The largest absolute Gasteiger partial charge is 0.508 e. The summed E-state index contributed by atoms with van der Waals surface area (Å²) in [5.41, 5.74) is 1.63. The second kappa shape index (κ2) is 15.2. The third kappa shape index (κ3) is 6.74. The highest BCUT2D eigenvalue weighted by Gasteiger charge is 2.70. The van der Waals surface area contributed by atoms with E-state index in [4.69, 9.17) is 18.9 Å². The first-order valence-corrected chi connectivity index (χ1v) is 23.3. The van der Waals surface area contributed by atoms with Crippen LogP contribution in [0.5, 0.6) is 28.7 Å². The van der Waals surface area contributed by atoms with Crippen LogP contribution in [0.4, 0.5) is 0 Å². The standard InChI is InChI=1S/C52H70O11/c1-46(2)36-16-20-48(5)28-30-15-23-51(8)47(3,4)39(19-24-52(51,9)50(30,7)22-17-37(48)49(36,6)21-18-38(46)60-10)63-41(57)14-13-40(56)61-34-25-29(11-12-32(34)54)45-44(59)43(58)42-33(55)26-31(53)27-35(42)62-45/h11-12,15,25-27,36-39,44-45,53-55,59H,13-14,16-24,28H2,1-10H3/t36?,37?,38-,39+,44?,45?,48-,49-,50-,51-,52+/m0/s1. The average Bonchev–Trinajstić information content (AvgIpc) is 3.32. The summed E-state index contributed by atoms with van der Waals surface area (Å²) in [7, 11) is 1.89. The normalized spacial score (nSPS) is 38.8. The van der Waals surface area contributed by atoms with E-state index in [1.54, 1.807) is 5.57 Å². The minimum absolute atomic E-state index is 0.00251. The van der Waals surface area contributed by atoms with Gasteiger partial charge in [-0.1, -0.05) is 80.0 Å². The van der Waals surface area contributed by atoms with Gasteiger partial charge < -0.3 is 39.4 Å². The van der Waals surface area contributed by atoms with Crippen LogP contribution in [0.2, 0.25) is 0 Å². The molecule has 11 heteroatoms. The van der Waals surface area contributed by atoms with Crippen LogP contribution in [-0.4, -0.2) is 63.6 Å². The van der Waals surface area contributed by atoms with Crippen molar-refractivity contribution < 1.29 is 53.8 Å². The zero-order valence-corrected chi connectivity index (χ0v) is 39.1. The van der Waals surface area contributed by atoms with Gasteiger partial charge in [-0.25, -0.2) is 0 Å². The molecule has 2 aromatic rings. The number of carbonyl (C=O) groups is 3. The summed E-state index contributed by atoms with van der Waals surface area (Å²) >= 11 is 0. The van der Waals surface area contributed by atoms with Gasteiger partial charge in [-0.05, 0) is 126 Å². The summed E-state index contributed by atoms with van der Waals surface area (Å²) in [6.07, 6.45) is 9.94. The molecule has 63 heavy (non-hydrogen) atoms. The van der Waals surface area contributed by atoms with E-state index >= 15 is 0 Å². The molecule has 0 saturated heterocycles. The highest BCUT2D eigenvalue weighted by Crippen LogP contribution is 2.76. The molecule has 0 bridgehead atoms. The minimum atomic E-state index is -1.74. The highest BCUT2D eigenvalue weighted by atomic mass is 16.6. The number of methoxy groups -OCH3 is 1. The molecule has 2 aromatic carbocycles. The van der Waals surface area contributed by atoms with Crippen LogP contribution in [0.3, 0.4) is 0 Å². The van der Waals surface area contributed by atoms with Gasteiger partial charge in [0.25, 0.3) is 0 Å². The summed E-state index contributed by atoms with van der Waals surface area (Å²) in [5, 5.41) is 41.5. The first-order chi connectivity index (χ1) is 29.4. The van der Waals surface area contributed by atoms with E-state index in [2.05, 4.69) is 68.4 Å². The van der Waals surface area contributed by atoms with E-state index in [0.717, 1.165) is 50.7 Å². The van der Waals surface area contributed by atoms with E-state index in [1.807, 2.05) is 7.11 Å². The summed E-state index contributed by atoms with van der Waals surface area (Å²) in [6, 6.07) is 6.01. The van der Waals surface area contributed by atoms with Gasteiger partial charge >= 0.3 is 11.9 Å². The predicted molar refractivity (Wildman–Crippen MR) is 236 cm³/mol. The van der Waals surface area contributed by atoms with Gasteiger partial charge in [0, 0.05) is 24.7 Å². The molecule has 8 rings (SSSR count). The number of carbonyl (C=O) groups excluding carboxylic acids is 3. The molecule has 0 aromatic heterocycles. The van der Waals surface area contributed by atoms with Gasteiger partial charge in [-0.15, -0.1) is 0 Å². The minimum Gasteiger partial charge on any atom is -0.508 e. The molecule has 4 saturated carbocycles. The summed E-state index contributed by atoms with van der Waals surface area (Å²) < 4.78 is 23.7. The number of fused-ring (bicyclic) bond motifs is 7. The fourth-order valence-electron chi connectivity index (χ4n) is 15.2. The van der Waals surface area contributed by atoms with Crippen LogP contribution in [0.25, 0.3) is 0 Å². The highest BCUT2D eigenvalue weighted by molar-refractivity contribution is 6.05. The molecule has 11 atom stereocenters. The number of hydrogen-bond donors (Lipinski definition) is 4. The molecular formula is C52H70O11. The number of Topliss-reactive ketones (excluding diaryl/α,β-unsaturated/α-hetero) is 1. The Kier molecular flexibility index (Phi) is 11.0. The Hall–Kier alpha value is -4.09. The van der Waals surface area contributed by atoms with Crippen LogP contribution in [0.15, 0.2) is 42.0 Å². The Labute approximate surface area is 372 Å². The van der Waals surface area contributed by atoms with Crippen LogP contribution < -0.4 is 9.47 Å². The maximum absolute atomic E-state index is 13.6. The van der Waals surface area contributed by atoms with Crippen molar-refractivity contribution in [2.24, 2.45) is 49.7 Å². The van der Waals surface area contributed by atoms with Crippen LogP contribution in [0, 0.1) is 49.7 Å². The molecule has 344 valence electrons. The Balaban J connectivity index is 0.931. The summed E-state index contributed by atoms with van der Waals surface area (Å²) in [6.45, 7) is 22.2. The van der Waals surface area contributed by atoms with E-state index in [0.29, 0.717) is 17.9 Å². The molecule has 11 nitrogen and oxygen atoms in total. The van der Waals surface area contributed by atoms with Crippen molar-refractivity contribution in [1.82, 2.24) is 0 Å². The van der Waals surface area contributed by atoms with Crippen molar-refractivity contribution in [3.63, 3.8) is 0 Å². The zero-order chi connectivity index (χ0) is 45.9. The van der Waals surface area contributed by atoms with Gasteiger partial charge in [0.15, 0.2) is 23.7 Å². The van der Waals surface area contributed by atoms with E-state index < -0.39 is 35.7 Å².